The molecular weight excluding hydrogens is 254 g/mol. The van der Waals surface area contributed by atoms with Gasteiger partial charge in [-0.1, -0.05) is 6.07 Å². The second-order valence-corrected chi connectivity index (χ2v) is 4.37. The number of amides is 1. The van der Waals surface area contributed by atoms with Crippen LogP contribution in [0.4, 0.5) is 5.69 Å². The van der Waals surface area contributed by atoms with Gasteiger partial charge in [-0.3, -0.25) is 4.79 Å². The molecular formula is C15H21N3O2. The van der Waals surface area contributed by atoms with Gasteiger partial charge < -0.3 is 15.0 Å². The lowest BCUT2D eigenvalue weighted by molar-refractivity contribution is -0.131. The lowest BCUT2D eigenvalue weighted by Crippen LogP contribution is -2.41. The van der Waals surface area contributed by atoms with Gasteiger partial charge in [-0.15, -0.1) is 0 Å². The van der Waals surface area contributed by atoms with Crippen LogP contribution in [0.3, 0.4) is 0 Å². The molecule has 0 aliphatic rings. The summed E-state index contributed by atoms with van der Waals surface area (Å²) in [6.45, 7) is 7.00. The fraction of sp³-hybridized carbons (Fsp3) is 0.467. The van der Waals surface area contributed by atoms with Crippen LogP contribution in [0, 0.1) is 11.3 Å². The van der Waals surface area contributed by atoms with E-state index >= 15 is 0 Å². The van der Waals surface area contributed by atoms with Crippen LogP contribution >= 0.6 is 0 Å². The minimum Gasteiger partial charge on any atom is -0.495 e. The number of rotatable bonds is 6. The Morgan fingerprint density at radius 2 is 2.10 bits per heavy atom. The zero-order chi connectivity index (χ0) is 15.1. The van der Waals surface area contributed by atoms with Gasteiger partial charge in [0.25, 0.3) is 0 Å². The first kappa shape index (κ1) is 15.8. The number of nitrogens with one attached hydrogen (secondary N) is 1. The van der Waals surface area contributed by atoms with Crippen LogP contribution in [0.25, 0.3) is 0 Å². The molecule has 0 aliphatic carbocycles. The van der Waals surface area contributed by atoms with E-state index < -0.39 is 6.04 Å². The summed E-state index contributed by atoms with van der Waals surface area (Å²) in [7, 11) is 1.54. The Hall–Kier alpha value is -2.22. The second kappa shape index (κ2) is 7.39. The zero-order valence-corrected chi connectivity index (χ0v) is 12.4. The highest BCUT2D eigenvalue weighted by molar-refractivity contribution is 5.85. The molecule has 1 rings (SSSR count). The van der Waals surface area contributed by atoms with Crippen LogP contribution in [-0.4, -0.2) is 37.0 Å². The highest BCUT2D eigenvalue weighted by Crippen LogP contribution is 2.28. The Bertz CT molecular complexity index is 504. The van der Waals surface area contributed by atoms with E-state index in [0.29, 0.717) is 30.1 Å². The zero-order valence-electron chi connectivity index (χ0n) is 12.4. The number of ether oxygens (including phenoxy) is 1. The lowest BCUT2D eigenvalue weighted by atomic mass is 10.1. The number of methoxy groups -OCH3 is 1. The van der Waals surface area contributed by atoms with E-state index in [1.54, 1.807) is 37.1 Å². The summed E-state index contributed by atoms with van der Waals surface area (Å²) in [5.74, 6) is 0.563. The molecule has 108 valence electrons. The Kier molecular flexibility index (Phi) is 5.85. The number of para-hydroxylation sites is 1. The van der Waals surface area contributed by atoms with E-state index in [-0.39, 0.29) is 5.91 Å². The van der Waals surface area contributed by atoms with Crippen molar-refractivity contribution in [2.45, 2.75) is 26.8 Å². The minimum atomic E-state index is -0.418. The Balaban J connectivity index is 2.98. The highest BCUT2D eigenvalue weighted by atomic mass is 16.5. The summed E-state index contributed by atoms with van der Waals surface area (Å²) >= 11 is 0. The van der Waals surface area contributed by atoms with Crippen LogP contribution < -0.4 is 10.1 Å². The molecule has 1 atom stereocenters. The minimum absolute atomic E-state index is 0.00444. The number of likely N-dealkylation sites (N-methyl/N-ethyl adjacent to an activating group) is 1. The number of hydrogen-bond acceptors (Lipinski definition) is 4. The summed E-state index contributed by atoms with van der Waals surface area (Å²) in [5.41, 5.74) is 1.02. The monoisotopic (exact) mass is 275 g/mol. The third-order valence-corrected chi connectivity index (χ3v) is 3.17. The van der Waals surface area contributed by atoms with Gasteiger partial charge in [0.05, 0.1) is 18.4 Å². The van der Waals surface area contributed by atoms with Gasteiger partial charge in [-0.05, 0) is 32.9 Å². The standard InChI is InChI=1S/C15H21N3O2/c1-5-18(6-2)15(19)11(3)17-14-12(10-16)8-7-9-13(14)20-4/h7-9,11,17H,5-6H2,1-4H3. The van der Waals surface area contributed by atoms with Crippen molar-refractivity contribution in [3.63, 3.8) is 0 Å². The number of hydrogen-bond donors (Lipinski definition) is 1. The van der Waals surface area contributed by atoms with Crippen LogP contribution in [0.5, 0.6) is 5.75 Å². The molecule has 1 amide bonds. The number of nitrogens with zero attached hydrogens (tertiary/aromatic N) is 2. The molecule has 0 radical (unpaired) electrons. The molecule has 0 heterocycles. The molecule has 5 nitrogen and oxygen atoms in total. The smallest absolute Gasteiger partial charge is 0.244 e. The molecule has 0 saturated heterocycles. The molecule has 1 aromatic carbocycles. The van der Waals surface area contributed by atoms with Crippen molar-refractivity contribution >= 4 is 11.6 Å². The van der Waals surface area contributed by atoms with E-state index in [2.05, 4.69) is 11.4 Å². The van der Waals surface area contributed by atoms with E-state index in [9.17, 15) is 4.79 Å². The third kappa shape index (κ3) is 3.41. The average molecular weight is 275 g/mol. The van der Waals surface area contributed by atoms with Gasteiger partial charge in [0, 0.05) is 13.1 Å². The summed E-state index contributed by atoms with van der Waals surface area (Å²) in [6.07, 6.45) is 0. The first-order valence-corrected chi connectivity index (χ1v) is 6.71. The molecule has 1 aromatic rings. The number of anilines is 1. The summed E-state index contributed by atoms with van der Waals surface area (Å²) in [5, 5.41) is 12.2. The summed E-state index contributed by atoms with van der Waals surface area (Å²) in [4.78, 5) is 14.0. The molecule has 0 aromatic heterocycles. The van der Waals surface area contributed by atoms with Crippen molar-refractivity contribution < 1.29 is 9.53 Å². The maximum Gasteiger partial charge on any atom is 0.244 e. The van der Waals surface area contributed by atoms with Crippen LogP contribution in [0.1, 0.15) is 26.3 Å². The fourth-order valence-corrected chi connectivity index (χ4v) is 2.03. The first-order chi connectivity index (χ1) is 9.58. The van der Waals surface area contributed by atoms with E-state index in [1.165, 1.54) is 0 Å². The number of carbonyl (C=O) groups is 1. The van der Waals surface area contributed by atoms with Gasteiger partial charge >= 0.3 is 0 Å². The highest BCUT2D eigenvalue weighted by Gasteiger charge is 2.20. The molecule has 0 spiro atoms. The van der Waals surface area contributed by atoms with Gasteiger partial charge in [-0.2, -0.15) is 5.26 Å². The molecule has 0 aliphatic heterocycles. The molecule has 0 saturated carbocycles. The molecule has 0 bridgehead atoms. The predicted octanol–water partition coefficient (Wildman–Crippen LogP) is 2.24. The van der Waals surface area contributed by atoms with Crippen molar-refractivity contribution in [2.75, 3.05) is 25.5 Å². The molecule has 1 unspecified atom stereocenters. The first-order valence-electron chi connectivity index (χ1n) is 6.71. The maximum atomic E-state index is 12.2. The van der Waals surface area contributed by atoms with Gasteiger partial charge in [-0.25, -0.2) is 0 Å². The van der Waals surface area contributed by atoms with Crippen molar-refractivity contribution in [3.05, 3.63) is 23.8 Å². The average Bonchev–Trinajstić information content (AvgIpc) is 2.48. The normalized spacial score (nSPS) is 11.3. The largest absolute Gasteiger partial charge is 0.495 e. The maximum absolute atomic E-state index is 12.2. The number of nitriles is 1. The van der Waals surface area contributed by atoms with Gasteiger partial charge in [0.1, 0.15) is 17.9 Å². The van der Waals surface area contributed by atoms with Gasteiger partial charge in [0.15, 0.2) is 0 Å². The molecule has 0 fully saturated rings. The second-order valence-electron chi connectivity index (χ2n) is 4.37. The van der Waals surface area contributed by atoms with Crippen molar-refractivity contribution in [2.24, 2.45) is 0 Å². The third-order valence-electron chi connectivity index (χ3n) is 3.17. The Labute approximate surface area is 120 Å². The van der Waals surface area contributed by atoms with Crippen LogP contribution in [0.15, 0.2) is 18.2 Å². The SMILES string of the molecule is CCN(CC)C(=O)C(C)Nc1c(C#N)cccc1OC. The van der Waals surface area contributed by atoms with Gasteiger partial charge in [0.2, 0.25) is 5.91 Å². The fourth-order valence-electron chi connectivity index (χ4n) is 2.03. The number of benzene rings is 1. The Morgan fingerprint density at radius 3 is 2.60 bits per heavy atom. The van der Waals surface area contributed by atoms with Crippen LogP contribution in [-0.2, 0) is 4.79 Å². The van der Waals surface area contributed by atoms with Crippen molar-refractivity contribution in [1.82, 2.24) is 4.90 Å². The quantitative estimate of drug-likeness (QED) is 0.864. The van der Waals surface area contributed by atoms with Crippen molar-refractivity contribution in [3.8, 4) is 11.8 Å². The molecule has 5 heteroatoms. The van der Waals surface area contributed by atoms with Crippen LogP contribution in [0.2, 0.25) is 0 Å². The number of carbonyl (C=O) groups excluding carboxylic acids is 1. The summed E-state index contributed by atoms with van der Waals surface area (Å²) < 4.78 is 5.24. The molecule has 20 heavy (non-hydrogen) atoms. The predicted molar refractivity (Wildman–Crippen MR) is 78.7 cm³/mol. The molecule has 1 N–H and O–H groups in total. The Morgan fingerprint density at radius 1 is 1.45 bits per heavy atom. The van der Waals surface area contributed by atoms with E-state index in [1.807, 2.05) is 13.8 Å². The van der Waals surface area contributed by atoms with E-state index in [0.717, 1.165) is 0 Å². The van der Waals surface area contributed by atoms with Crippen molar-refractivity contribution in [1.29, 1.82) is 5.26 Å². The lowest BCUT2D eigenvalue weighted by Gasteiger charge is -2.25. The topological polar surface area (TPSA) is 65.4 Å². The van der Waals surface area contributed by atoms with E-state index in [4.69, 9.17) is 10.00 Å². The summed E-state index contributed by atoms with van der Waals surface area (Å²) in [6, 6.07) is 6.89.